The van der Waals surface area contributed by atoms with E-state index in [1.165, 1.54) is 0 Å². The molecule has 116 valence electrons. The first-order chi connectivity index (χ1) is 9.80. The maximum absolute atomic E-state index is 12.1. The van der Waals surface area contributed by atoms with Gasteiger partial charge in [-0.25, -0.2) is 0 Å². The van der Waals surface area contributed by atoms with E-state index in [1.807, 2.05) is 32.9 Å². The van der Waals surface area contributed by atoms with E-state index >= 15 is 0 Å². The second-order valence-electron chi connectivity index (χ2n) is 6.69. The number of carbonyl (C=O) groups is 1. The summed E-state index contributed by atoms with van der Waals surface area (Å²) in [4.78, 5) is 12.1. The molecule has 2 rings (SSSR count). The van der Waals surface area contributed by atoms with Crippen LogP contribution in [0.25, 0.3) is 0 Å². The van der Waals surface area contributed by atoms with Crippen LogP contribution < -0.4 is 10.1 Å². The van der Waals surface area contributed by atoms with Crippen molar-refractivity contribution < 1.29 is 14.3 Å². The van der Waals surface area contributed by atoms with Crippen molar-refractivity contribution in [2.24, 2.45) is 0 Å². The summed E-state index contributed by atoms with van der Waals surface area (Å²) in [5.74, 6) is 0.852. The molecule has 2 unspecified atom stereocenters. The highest BCUT2D eigenvalue weighted by atomic mass is 16.6. The predicted octanol–water partition coefficient (Wildman–Crippen LogP) is 3.71. The first-order valence-electron chi connectivity index (χ1n) is 7.45. The second kappa shape index (κ2) is 5.96. The van der Waals surface area contributed by atoms with Crippen molar-refractivity contribution in [3.63, 3.8) is 0 Å². The molecule has 1 aromatic carbocycles. The number of nitrogens with one attached hydrogen (secondary N) is 1. The standard InChI is InChI=1S/C17H25NO3/c1-11-9-12(10-15(19)21-17(2,3)4)13-7-6-8-14(20-5)16(13)18-11/h6-8,11-12,18H,9-10H2,1-5H3. The van der Waals surface area contributed by atoms with Gasteiger partial charge in [0.25, 0.3) is 0 Å². The summed E-state index contributed by atoms with van der Waals surface area (Å²) < 4.78 is 10.9. The summed E-state index contributed by atoms with van der Waals surface area (Å²) in [5.41, 5.74) is 1.71. The van der Waals surface area contributed by atoms with Crippen LogP contribution in [0, 0.1) is 0 Å². The Balaban J connectivity index is 2.21. The van der Waals surface area contributed by atoms with Crippen molar-refractivity contribution in [2.45, 2.75) is 58.1 Å². The number of fused-ring (bicyclic) bond motifs is 1. The molecule has 1 aliphatic heterocycles. The third kappa shape index (κ3) is 3.90. The Labute approximate surface area is 126 Å². The minimum atomic E-state index is -0.438. The van der Waals surface area contributed by atoms with Crippen LogP contribution >= 0.6 is 0 Å². The fraction of sp³-hybridized carbons (Fsp3) is 0.588. The number of esters is 1. The molecule has 2 atom stereocenters. The van der Waals surface area contributed by atoms with Gasteiger partial charge in [-0.05, 0) is 51.7 Å². The van der Waals surface area contributed by atoms with Crippen molar-refractivity contribution in [1.29, 1.82) is 0 Å². The zero-order valence-corrected chi connectivity index (χ0v) is 13.5. The number of ether oxygens (including phenoxy) is 2. The lowest BCUT2D eigenvalue weighted by Crippen LogP contribution is -2.29. The van der Waals surface area contributed by atoms with Gasteiger partial charge >= 0.3 is 5.97 Å². The van der Waals surface area contributed by atoms with Crippen molar-refractivity contribution in [3.05, 3.63) is 23.8 Å². The van der Waals surface area contributed by atoms with E-state index in [0.717, 1.165) is 23.4 Å². The molecule has 0 aliphatic carbocycles. The highest BCUT2D eigenvalue weighted by molar-refractivity contribution is 5.73. The highest BCUT2D eigenvalue weighted by Gasteiger charge is 2.29. The molecule has 0 amide bonds. The normalized spacial score (nSPS) is 21.2. The van der Waals surface area contributed by atoms with Crippen molar-refractivity contribution in [1.82, 2.24) is 0 Å². The van der Waals surface area contributed by atoms with Crippen LogP contribution in [0.2, 0.25) is 0 Å². The number of rotatable bonds is 3. The number of benzene rings is 1. The average Bonchev–Trinajstić information content (AvgIpc) is 2.35. The number of carbonyl (C=O) groups excluding carboxylic acids is 1. The smallest absolute Gasteiger partial charge is 0.306 e. The minimum Gasteiger partial charge on any atom is -0.495 e. The van der Waals surface area contributed by atoms with Gasteiger partial charge in [0, 0.05) is 6.04 Å². The molecule has 1 N–H and O–H groups in total. The molecule has 0 radical (unpaired) electrons. The summed E-state index contributed by atoms with van der Waals surface area (Å²) in [6.45, 7) is 7.81. The van der Waals surface area contributed by atoms with Gasteiger partial charge in [-0.1, -0.05) is 12.1 Å². The maximum atomic E-state index is 12.1. The Hall–Kier alpha value is -1.71. The fourth-order valence-electron chi connectivity index (χ4n) is 2.85. The summed E-state index contributed by atoms with van der Waals surface area (Å²) in [6, 6.07) is 6.28. The van der Waals surface area contributed by atoms with Crippen LogP contribution in [-0.2, 0) is 9.53 Å². The third-order valence-corrected chi connectivity index (χ3v) is 3.58. The number of para-hydroxylation sites is 1. The third-order valence-electron chi connectivity index (χ3n) is 3.58. The Kier molecular flexibility index (Phi) is 4.45. The molecule has 1 aromatic rings. The Bertz CT molecular complexity index is 519. The molecule has 4 nitrogen and oxygen atoms in total. The topological polar surface area (TPSA) is 47.6 Å². The molecule has 0 saturated carbocycles. The number of hydrogen-bond acceptors (Lipinski definition) is 4. The van der Waals surface area contributed by atoms with E-state index in [-0.39, 0.29) is 11.9 Å². The van der Waals surface area contributed by atoms with Gasteiger partial charge in [-0.2, -0.15) is 0 Å². The second-order valence-corrected chi connectivity index (χ2v) is 6.69. The van der Waals surface area contributed by atoms with Crippen LogP contribution in [0.1, 0.15) is 52.0 Å². The summed E-state index contributed by atoms with van der Waals surface area (Å²) in [6.07, 6.45) is 1.32. The summed E-state index contributed by atoms with van der Waals surface area (Å²) in [7, 11) is 1.67. The van der Waals surface area contributed by atoms with Crippen molar-refractivity contribution in [3.8, 4) is 5.75 Å². The van der Waals surface area contributed by atoms with Crippen LogP contribution in [0.15, 0.2) is 18.2 Å². The van der Waals surface area contributed by atoms with Crippen LogP contribution in [0.3, 0.4) is 0 Å². The van der Waals surface area contributed by atoms with Gasteiger partial charge in [0.1, 0.15) is 11.4 Å². The number of methoxy groups -OCH3 is 1. The zero-order valence-electron chi connectivity index (χ0n) is 13.5. The van der Waals surface area contributed by atoms with Crippen LogP contribution in [-0.4, -0.2) is 24.7 Å². The van der Waals surface area contributed by atoms with Gasteiger partial charge in [0.05, 0.1) is 19.2 Å². The lowest BCUT2D eigenvalue weighted by molar-refractivity contribution is -0.155. The molecule has 0 bridgehead atoms. The summed E-state index contributed by atoms with van der Waals surface area (Å²) in [5, 5.41) is 3.45. The molecular formula is C17H25NO3. The van der Waals surface area contributed by atoms with E-state index in [2.05, 4.69) is 18.3 Å². The van der Waals surface area contributed by atoms with Gasteiger partial charge in [-0.15, -0.1) is 0 Å². The van der Waals surface area contributed by atoms with E-state index in [1.54, 1.807) is 7.11 Å². The van der Waals surface area contributed by atoms with Gasteiger partial charge in [0.15, 0.2) is 0 Å². The average molecular weight is 291 g/mol. The fourth-order valence-corrected chi connectivity index (χ4v) is 2.85. The molecule has 0 saturated heterocycles. The highest BCUT2D eigenvalue weighted by Crippen LogP contribution is 2.41. The molecule has 0 spiro atoms. The van der Waals surface area contributed by atoms with Crippen LogP contribution in [0.5, 0.6) is 5.75 Å². The van der Waals surface area contributed by atoms with E-state index < -0.39 is 5.60 Å². The molecule has 21 heavy (non-hydrogen) atoms. The van der Waals surface area contributed by atoms with E-state index in [4.69, 9.17) is 9.47 Å². The van der Waals surface area contributed by atoms with E-state index in [9.17, 15) is 4.79 Å². The predicted molar refractivity (Wildman–Crippen MR) is 83.9 cm³/mol. The number of hydrogen-bond donors (Lipinski definition) is 1. The number of anilines is 1. The maximum Gasteiger partial charge on any atom is 0.306 e. The zero-order chi connectivity index (χ0) is 15.6. The van der Waals surface area contributed by atoms with Crippen LogP contribution in [0.4, 0.5) is 5.69 Å². The Morgan fingerprint density at radius 3 is 2.71 bits per heavy atom. The van der Waals surface area contributed by atoms with Gasteiger partial charge in [0.2, 0.25) is 0 Å². The molecule has 0 fully saturated rings. The molecule has 1 heterocycles. The Morgan fingerprint density at radius 2 is 2.10 bits per heavy atom. The largest absolute Gasteiger partial charge is 0.495 e. The lowest BCUT2D eigenvalue weighted by Gasteiger charge is -2.32. The lowest BCUT2D eigenvalue weighted by atomic mass is 9.85. The quantitative estimate of drug-likeness (QED) is 0.862. The molecule has 1 aliphatic rings. The first-order valence-corrected chi connectivity index (χ1v) is 7.45. The van der Waals surface area contributed by atoms with E-state index in [0.29, 0.717) is 12.5 Å². The first kappa shape index (κ1) is 15.7. The Morgan fingerprint density at radius 1 is 1.38 bits per heavy atom. The van der Waals surface area contributed by atoms with Gasteiger partial charge in [-0.3, -0.25) is 4.79 Å². The molecular weight excluding hydrogens is 266 g/mol. The van der Waals surface area contributed by atoms with Gasteiger partial charge < -0.3 is 14.8 Å². The monoisotopic (exact) mass is 291 g/mol. The SMILES string of the molecule is COc1cccc2c1NC(C)CC2CC(=O)OC(C)(C)C. The van der Waals surface area contributed by atoms with Crippen molar-refractivity contribution in [2.75, 3.05) is 12.4 Å². The minimum absolute atomic E-state index is 0.143. The molecule has 4 heteroatoms. The summed E-state index contributed by atoms with van der Waals surface area (Å²) >= 11 is 0. The van der Waals surface area contributed by atoms with Crippen molar-refractivity contribution >= 4 is 11.7 Å². The molecule has 0 aromatic heterocycles.